The molecule has 3 aromatic carbocycles. The molecule has 27 heavy (non-hydrogen) atoms. The van der Waals surface area contributed by atoms with Crippen molar-refractivity contribution in [1.29, 1.82) is 0 Å². The van der Waals surface area contributed by atoms with Crippen LogP contribution in [0.5, 0.6) is 0 Å². The predicted molar refractivity (Wildman–Crippen MR) is 114 cm³/mol. The van der Waals surface area contributed by atoms with Gasteiger partial charge in [-0.2, -0.15) is 0 Å². The summed E-state index contributed by atoms with van der Waals surface area (Å²) < 4.78 is 6.07. The van der Waals surface area contributed by atoms with Crippen LogP contribution in [0.1, 0.15) is 18.1 Å². The minimum atomic E-state index is 0.281. The number of hydrogen-bond donors (Lipinski definition) is 0. The molecular weight excluding hydrogens is 332 g/mol. The van der Waals surface area contributed by atoms with Crippen LogP contribution in [0.2, 0.25) is 0 Å². The van der Waals surface area contributed by atoms with Crippen molar-refractivity contribution in [3.8, 4) is 0 Å². The van der Waals surface area contributed by atoms with E-state index in [0.29, 0.717) is 0 Å². The summed E-state index contributed by atoms with van der Waals surface area (Å²) in [5.41, 5.74) is 7.23. The highest BCUT2D eigenvalue weighted by molar-refractivity contribution is 6.06. The highest BCUT2D eigenvalue weighted by atomic mass is 16.3. The predicted octanol–water partition coefficient (Wildman–Crippen LogP) is 5.74. The van der Waals surface area contributed by atoms with Crippen molar-refractivity contribution in [1.82, 2.24) is 0 Å². The fraction of sp³-hybridized carbons (Fsp3) is 0.250. The van der Waals surface area contributed by atoms with Crippen molar-refractivity contribution in [2.24, 2.45) is 0 Å². The van der Waals surface area contributed by atoms with Gasteiger partial charge in [0.15, 0.2) is 0 Å². The highest BCUT2D eigenvalue weighted by Crippen LogP contribution is 2.36. The van der Waals surface area contributed by atoms with E-state index in [2.05, 4.69) is 79.2 Å². The third-order valence-electron chi connectivity index (χ3n) is 6.01. The molecule has 1 unspecified atom stereocenters. The third kappa shape index (κ3) is 2.49. The number of furan rings is 1. The van der Waals surface area contributed by atoms with Crippen LogP contribution in [0.3, 0.4) is 0 Å². The Labute approximate surface area is 159 Å². The van der Waals surface area contributed by atoms with Gasteiger partial charge in [0.05, 0.1) is 6.17 Å². The summed E-state index contributed by atoms with van der Waals surface area (Å²) in [5.74, 6) is 0. The van der Waals surface area contributed by atoms with Crippen molar-refractivity contribution in [3.05, 3.63) is 71.8 Å². The number of para-hydroxylation sites is 2. The van der Waals surface area contributed by atoms with Gasteiger partial charge >= 0.3 is 0 Å². The number of hydrogen-bond acceptors (Lipinski definition) is 3. The average Bonchev–Trinajstić information content (AvgIpc) is 2.99. The summed E-state index contributed by atoms with van der Waals surface area (Å²) >= 11 is 0. The van der Waals surface area contributed by atoms with E-state index in [1.165, 1.54) is 33.3 Å². The minimum absolute atomic E-state index is 0.281. The Morgan fingerprint density at radius 3 is 2.56 bits per heavy atom. The molecule has 0 bridgehead atoms. The molecule has 0 fully saturated rings. The molecule has 0 amide bonds. The van der Waals surface area contributed by atoms with E-state index in [1.54, 1.807) is 0 Å². The van der Waals surface area contributed by atoms with Gasteiger partial charge in [-0.15, -0.1) is 0 Å². The molecule has 1 atom stereocenters. The van der Waals surface area contributed by atoms with Gasteiger partial charge in [-0.25, -0.2) is 0 Å². The van der Waals surface area contributed by atoms with E-state index >= 15 is 0 Å². The maximum absolute atomic E-state index is 6.07. The van der Waals surface area contributed by atoms with Crippen LogP contribution < -0.4 is 9.80 Å². The second-order valence-corrected chi connectivity index (χ2v) is 7.55. The summed E-state index contributed by atoms with van der Waals surface area (Å²) in [6, 6.07) is 21.6. The molecule has 0 saturated heterocycles. The Kier molecular flexibility index (Phi) is 3.64. The Morgan fingerprint density at radius 2 is 1.67 bits per heavy atom. The summed E-state index contributed by atoms with van der Waals surface area (Å²) in [7, 11) is 2.20. The Balaban J connectivity index is 1.64. The molecule has 3 heteroatoms. The van der Waals surface area contributed by atoms with Crippen LogP contribution in [0.15, 0.2) is 65.1 Å². The Morgan fingerprint density at radius 1 is 0.889 bits per heavy atom. The van der Waals surface area contributed by atoms with Crippen LogP contribution >= 0.6 is 0 Å². The molecule has 0 spiro atoms. The Hall–Kier alpha value is -2.94. The van der Waals surface area contributed by atoms with Gasteiger partial charge < -0.3 is 14.2 Å². The van der Waals surface area contributed by atoms with Gasteiger partial charge in [-0.3, -0.25) is 0 Å². The lowest BCUT2D eigenvalue weighted by molar-refractivity contribution is 0.636. The molecule has 0 N–H and O–H groups in total. The standard InChI is InChI=1S/C24H24N2O/c1-16-14-24-20(19-9-5-7-11-23(19)27-24)15-22(16)26-13-12-18-8-4-6-10-21(18)25(3)17(26)2/h4-11,14-15,17H,12-13H2,1-3H3. The third-order valence-corrected chi connectivity index (χ3v) is 6.01. The zero-order chi connectivity index (χ0) is 18.5. The Bertz CT molecular complexity index is 1140. The van der Waals surface area contributed by atoms with Gasteiger partial charge in [0.1, 0.15) is 11.2 Å². The SMILES string of the molecule is Cc1cc2oc3ccccc3c2cc1N1CCc2ccccc2N(C)C1C. The van der Waals surface area contributed by atoms with E-state index in [4.69, 9.17) is 4.42 Å². The van der Waals surface area contributed by atoms with Crippen molar-refractivity contribution in [2.75, 3.05) is 23.4 Å². The van der Waals surface area contributed by atoms with E-state index in [1.807, 2.05) is 12.1 Å². The van der Waals surface area contributed by atoms with E-state index in [9.17, 15) is 0 Å². The molecule has 136 valence electrons. The quantitative estimate of drug-likeness (QED) is 0.434. The molecule has 0 aliphatic carbocycles. The molecule has 1 aliphatic heterocycles. The first-order valence-electron chi connectivity index (χ1n) is 9.63. The molecule has 3 nitrogen and oxygen atoms in total. The summed E-state index contributed by atoms with van der Waals surface area (Å²) in [6.07, 6.45) is 1.33. The van der Waals surface area contributed by atoms with E-state index < -0.39 is 0 Å². The second-order valence-electron chi connectivity index (χ2n) is 7.55. The van der Waals surface area contributed by atoms with Gasteiger partial charge in [0.2, 0.25) is 0 Å². The van der Waals surface area contributed by atoms with Crippen LogP contribution in [-0.4, -0.2) is 19.8 Å². The number of anilines is 2. The fourth-order valence-electron chi connectivity index (χ4n) is 4.40. The largest absolute Gasteiger partial charge is 0.456 e. The summed E-state index contributed by atoms with van der Waals surface area (Å²) in [6.45, 7) is 5.48. The molecule has 0 saturated carbocycles. The fourth-order valence-corrected chi connectivity index (χ4v) is 4.40. The molecule has 4 aromatic rings. The van der Waals surface area contributed by atoms with Crippen molar-refractivity contribution in [2.45, 2.75) is 26.4 Å². The average molecular weight is 356 g/mol. The van der Waals surface area contributed by atoms with Gasteiger partial charge in [0.25, 0.3) is 0 Å². The lowest BCUT2D eigenvalue weighted by atomic mass is 10.1. The molecule has 5 rings (SSSR count). The van der Waals surface area contributed by atoms with Crippen LogP contribution in [0, 0.1) is 6.92 Å². The first-order valence-corrected chi connectivity index (χ1v) is 9.63. The highest BCUT2D eigenvalue weighted by Gasteiger charge is 2.26. The molecular formula is C24H24N2O. The van der Waals surface area contributed by atoms with Crippen LogP contribution in [0.25, 0.3) is 21.9 Å². The number of aryl methyl sites for hydroxylation is 1. The van der Waals surface area contributed by atoms with Crippen molar-refractivity contribution < 1.29 is 4.42 Å². The van der Waals surface area contributed by atoms with Crippen LogP contribution in [-0.2, 0) is 6.42 Å². The molecule has 0 radical (unpaired) electrons. The van der Waals surface area contributed by atoms with E-state index in [-0.39, 0.29) is 6.17 Å². The molecule has 1 aromatic heterocycles. The van der Waals surface area contributed by atoms with Crippen molar-refractivity contribution in [3.63, 3.8) is 0 Å². The first-order chi connectivity index (χ1) is 13.1. The lowest BCUT2D eigenvalue weighted by Gasteiger charge is -2.37. The smallest absolute Gasteiger partial charge is 0.135 e. The second kappa shape index (κ2) is 6.05. The lowest BCUT2D eigenvalue weighted by Crippen LogP contribution is -2.44. The zero-order valence-electron chi connectivity index (χ0n) is 16.1. The normalized spacial score (nSPS) is 17.4. The maximum atomic E-state index is 6.07. The van der Waals surface area contributed by atoms with Crippen molar-refractivity contribution >= 4 is 33.3 Å². The summed E-state index contributed by atoms with van der Waals surface area (Å²) in [4.78, 5) is 4.91. The zero-order valence-corrected chi connectivity index (χ0v) is 16.1. The van der Waals surface area contributed by atoms with Gasteiger partial charge in [-0.1, -0.05) is 36.4 Å². The number of benzene rings is 3. The summed E-state index contributed by atoms with van der Waals surface area (Å²) in [5, 5.41) is 2.38. The van der Waals surface area contributed by atoms with Crippen LogP contribution in [0.4, 0.5) is 11.4 Å². The number of rotatable bonds is 1. The minimum Gasteiger partial charge on any atom is -0.456 e. The molecule has 1 aliphatic rings. The number of fused-ring (bicyclic) bond motifs is 4. The number of nitrogens with zero attached hydrogens (tertiary/aromatic N) is 2. The van der Waals surface area contributed by atoms with E-state index in [0.717, 1.165) is 24.1 Å². The topological polar surface area (TPSA) is 19.6 Å². The monoisotopic (exact) mass is 356 g/mol. The molecule has 2 heterocycles. The van der Waals surface area contributed by atoms with Gasteiger partial charge in [-0.05, 0) is 55.7 Å². The first kappa shape index (κ1) is 16.2. The van der Waals surface area contributed by atoms with Gasteiger partial charge in [0, 0.05) is 35.7 Å². The maximum Gasteiger partial charge on any atom is 0.135 e.